The van der Waals surface area contributed by atoms with E-state index in [2.05, 4.69) is 15.9 Å². The molecule has 82 valence electrons. The molecule has 1 nitrogen and oxygen atoms in total. The molecule has 0 radical (unpaired) electrons. The Morgan fingerprint density at radius 1 is 1.13 bits per heavy atom. The molecule has 0 heterocycles. The number of halogens is 3. The summed E-state index contributed by atoms with van der Waals surface area (Å²) < 4.78 is 27.0. The van der Waals surface area contributed by atoms with E-state index in [-0.39, 0.29) is 10.0 Å². The van der Waals surface area contributed by atoms with Gasteiger partial charge in [0, 0.05) is 5.56 Å². The molecule has 1 aliphatic carbocycles. The van der Waals surface area contributed by atoms with Crippen molar-refractivity contribution in [2.75, 3.05) is 0 Å². The second-order valence-corrected chi connectivity index (χ2v) is 4.82. The first-order valence-corrected chi connectivity index (χ1v) is 5.70. The van der Waals surface area contributed by atoms with E-state index < -0.39 is 17.2 Å². The number of rotatable bonds is 1. The third kappa shape index (κ3) is 1.81. The van der Waals surface area contributed by atoms with E-state index in [0.717, 1.165) is 12.8 Å². The molecule has 0 atom stereocenters. The Morgan fingerprint density at radius 3 is 2.33 bits per heavy atom. The van der Waals surface area contributed by atoms with Crippen LogP contribution in [0.2, 0.25) is 0 Å². The first-order chi connectivity index (χ1) is 7.04. The lowest BCUT2D eigenvalue weighted by atomic mass is 9.92. The summed E-state index contributed by atoms with van der Waals surface area (Å²) in [7, 11) is 0. The largest absolute Gasteiger partial charge is 0.385 e. The normalized spacial score (nSPS) is 19.5. The molecule has 1 aromatic carbocycles. The van der Waals surface area contributed by atoms with Gasteiger partial charge in [0.25, 0.3) is 0 Å². The van der Waals surface area contributed by atoms with Crippen molar-refractivity contribution >= 4 is 15.9 Å². The summed E-state index contributed by atoms with van der Waals surface area (Å²) >= 11 is 2.91. The predicted molar refractivity (Wildman–Crippen MR) is 56.4 cm³/mol. The summed E-state index contributed by atoms with van der Waals surface area (Å²) in [6, 6.07) is 2.89. The SMILES string of the molecule is OC1(c2ccc(Br)c(F)c2F)CCCC1. The minimum atomic E-state index is -1.17. The van der Waals surface area contributed by atoms with E-state index >= 15 is 0 Å². The molecule has 0 bridgehead atoms. The van der Waals surface area contributed by atoms with Crippen LogP contribution in [-0.2, 0) is 5.60 Å². The average Bonchev–Trinajstić information content (AvgIpc) is 2.62. The fraction of sp³-hybridized carbons (Fsp3) is 0.455. The van der Waals surface area contributed by atoms with Crippen molar-refractivity contribution in [3.8, 4) is 0 Å². The Bertz CT molecular complexity index is 386. The number of hydrogen-bond donors (Lipinski definition) is 1. The Morgan fingerprint density at radius 2 is 1.73 bits per heavy atom. The van der Waals surface area contributed by atoms with Gasteiger partial charge >= 0.3 is 0 Å². The second-order valence-electron chi connectivity index (χ2n) is 3.96. The van der Waals surface area contributed by atoms with E-state index in [1.54, 1.807) is 0 Å². The van der Waals surface area contributed by atoms with Crippen molar-refractivity contribution in [2.24, 2.45) is 0 Å². The maximum absolute atomic E-state index is 13.6. The van der Waals surface area contributed by atoms with Gasteiger partial charge in [0.1, 0.15) is 0 Å². The van der Waals surface area contributed by atoms with Crippen molar-refractivity contribution in [1.29, 1.82) is 0 Å². The van der Waals surface area contributed by atoms with Crippen molar-refractivity contribution in [3.63, 3.8) is 0 Å². The minimum Gasteiger partial charge on any atom is -0.385 e. The van der Waals surface area contributed by atoms with Gasteiger partial charge < -0.3 is 5.11 Å². The lowest BCUT2D eigenvalue weighted by Crippen LogP contribution is -2.23. The highest BCUT2D eigenvalue weighted by atomic mass is 79.9. The Kier molecular flexibility index (Phi) is 2.81. The quantitative estimate of drug-likeness (QED) is 0.779. The van der Waals surface area contributed by atoms with E-state index in [0.29, 0.717) is 12.8 Å². The molecule has 0 unspecified atom stereocenters. The predicted octanol–water partition coefficient (Wildman–Crippen LogP) is 3.49. The molecule has 0 aromatic heterocycles. The minimum absolute atomic E-state index is 0.0840. The van der Waals surface area contributed by atoms with Crippen LogP contribution in [0, 0.1) is 11.6 Å². The second kappa shape index (κ2) is 3.83. The van der Waals surface area contributed by atoms with E-state index in [9.17, 15) is 13.9 Å². The van der Waals surface area contributed by atoms with E-state index in [1.165, 1.54) is 12.1 Å². The van der Waals surface area contributed by atoms with E-state index in [1.807, 2.05) is 0 Å². The molecular formula is C11H11BrF2O. The molecular weight excluding hydrogens is 266 g/mol. The van der Waals surface area contributed by atoms with Gasteiger partial charge in [-0.1, -0.05) is 18.9 Å². The smallest absolute Gasteiger partial charge is 0.173 e. The van der Waals surface area contributed by atoms with Gasteiger partial charge in [0.2, 0.25) is 0 Å². The summed E-state index contributed by atoms with van der Waals surface area (Å²) in [6.45, 7) is 0. The van der Waals surface area contributed by atoms with Gasteiger partial charge in [-0.05, 0) is 34.8 Å². The topological polar surface area (TPSA) is 20.2 Å². The van der Waals surface area contributed by atoms with Crippen LogP contribution in [0.4, 0.5) is 8.78 Å². The maximum Gasteiger partial charge on any atom is 0.173 e. The summed E-state index contributed by atoms with van der Waals surface area (Å²) in [4.78, 5) is 0. The molecule has 0 aliphatic heterocycles. The van der Waals surface area contributed by atoms with Gasteiger partial charge in [0.05, 0.1) is 10.1 Å². The molecule has 0 spiro atoms. The van der Waals surface area contributed by atoms with Gasteiger partial charge in [-0.3, -0.25) is 0 Å². The van der Waals surface area contributed by atoms with Gasteiger partial charge in [-0.2, -0.15) is 0 Å². The van der Waals surface area contributed by atoms with Crippen LogP contribution in [0.1, 0.15) is 31.2 Å². The molecule has 1 aliphatic rings. The van der Waals surface area contributed by atoms with Gasteiger partial charge in [0.15, 0.2) is 11.6 Å². The number of benzene rings is 1. The van der Waals surface area contributed by atoms with Crippen LogP contribution in [0.5, 0.6) is 0 Å². The lowest BCUT2D eigenvalue weighted by molar-refractivity contribution is 0.0400. The molecule has 1 aromatic rings. The fourth-order valence-electron chi connectivity index (χ4n) is 2.11. The van der Waals surface area contributed by atoms with Crippen LogP contribution in [0.15, 0.2) is 16.6 Å². The van der Waals surface area contributed by atoms with Crippen molar-refractivity contribution in [1.82, 2.24) is 0 Å². The van der Waals surface area contributed by atoms with Crippen LogP contribution < -0.4 is 0 Å². The maximum atomic E-state index is 13.6. The third-order valence-corrected chi connectivity index (χ3v) is 3.58. The number of aliphatic hydroxyl groups is 1. The first kappa shape index (κ1) is 11.0. The summed E-state index contributed by atoms with van der Waals surface area (Å²) in [5, 5.41) is 10.1. The highest BCUT2D eigenvalue weighted by Gasteiger charge is 2.36. The lowest BCUT2D eigenvalue weighted by Gasteiger charge is -2.23. The Labute approximate surface area is 95.2 Å². The zero-order valence-electron chi connectivity index (χ0n) is 8.06. The molecule has 2 rings (SSSR count). The molecule has 0 amide bonds. The Hall–Kier alpha value is -0.480. The van der Waals surface area contributed by atoms with Crippen LogP contribution in [0.3, 0.4) is 0 Å². The monoisotopic (exact) mass is 276 g/mol. The molecule has 1 saturated carbocycles. The van der Waals surface area contributed by atoms with Gasteiger partial charge in [-0.15, -0.1) is 0 Å². The van der Waals surface area contributed by atoms with Crippen molar-refractivity contribution in [2.45, 2.75) is 31.3 Å². The van der Waals surface area contributed by atoms with Gasteiger partial charge in [-0.25, -0.2) is 8.78 Å². The molecule has 15 heavy (non-hydrogen) atoms. The molecule has 4 heteroatoms. The number of hydrogen-bond acceptors (Lipinski definition) is 1. The summed E-state index contributed by atoms with van der Waals surface area (Å²) in [5.41, 5.74) is -1.09. The zero-order valence-corrected chi connectivity index (χ0v) is 9.65. The highest BCUT2D eigenvalue weighted by molar-refractivity contribution is 9.10. The summed E-state index contributed by atoms with van der Waals surface area (Å²) in [6.07, 6.45) is 2.72. The van der Waals surface area contributed by atoms with Crippen LogP contribution >= 0.6 is 15.9 Å². The first-order valence-electron chi connectivity index (χ1n) is 4.91. The highest BCUT2D eigenvalue weighted by Crippen LogP contribution is 2.40. The Balaban J connectivity index is 2.49. The summed E-state index contributed by atoms with van der Waals surface area (Å²) in [5.74, 6) is -1.86. The van der Waals surface area contributed by atoms with Crippen molar-refractivity contribution in [3.05, 3.63) is 33.8 Å². The van der Waals surface area contributed by atoms with Crippen LogP contribution in [-0.4, -0.2) is 5.11 Å². The molecule has 1 fully saturated rings. The standard InChI is InChI=1S/C11H11BrF2O/c12-8-4-3-7(9(13)10(8)14)11(15)5-1-2-6-11/h3-4,15H,1-2,5-6H2. The van der Waals surface area contributed by atoms with Crippen LogP contribution in [0.25, 0.3) is 0 Å². The molecule has 1 N–H and O–H groups in total. The fourth-order valence-corrected chi connectivity index (χ4v) is 2.42. The van der Waals surface area contributed by atoms with Crippen molar-refractivity contribution < 1.29 is 13.9 Å². The van der Waals surface area contributed by atoms with E-state index in [4.69, 9.17) is 0 Å². The average molecular weight is 277 g/mol. The molecule has 0 saturated heterocycles. The zero-order chi connectivity index (χ0) is 11.1. The third-order valence-electron chi connectivity index (χ3n) is 2.97.